The van der Waals surface area contributed by atoms with E-state index in [-0.39, 0.29) is 17.0 Å². The molecule has 0 nitrogen and oxygen atoms in total. The van der Waals surface area contributed by atoms with E-state index < -0.39 is 46.0 Å². The quantitative estimate of drug-likeness (QED) is 0.269. The molecule has 0 atom stereocenters. The minimum atomic E-state index is -1.43. The van der Waals surface area contributed by atoms with Crippen LogP contribution in [-0.4, -0.2) is 0 Å². The van der Waals surface area contributed by atoms with Gasteiger partial charge in [0.15, 0.2) is 23.3 Å². The molecule has 0 saturated heterocycles. The van der Waals surface area contributed by atoms with Crippen LogP contribution >= 0.6 is 0 Å². The summed E-state index contributed by atoms with van der Waals surface area (Å²) in [6.07, 6.45) is 3.94. The molecule has 0 aromatic heterocycles. The maximum Gasteiger partial charge on any atom is 0.169 e. The van der Waals surface area contributed by atoms with E-state index in [4.69, 9.17) is 0 Å². The topological polar surface area (TPSA) is 0 Å². The van der Waals surface area contributed by atoms with Crippen molar-refractivity contribution in [1.82, 2.24) is 0 Å². The van der Waals surface area contributed by atoms with Crippen LogP contribution in [0.25, 0.3) is 22.8 Å². The number of halogens is 6. The van der Waals surface area contributed by atoms with E-state index >= 15 is 0 Å². The van der Waals surface area contributed by atoms with Gasteiger partial charge >= 0.3 is 0 Å². The second-order valence-corrected chi connectivity index (χ2v) is 8.65. The van der Waals surface area contributed by atoms with Crippen LogP contribution in [0.2, 0.25) is 0 Å². The molecule has 0 spiro atoms. The molecule has 0 amide bonds. The first-order chi connectivity index (χ1) is 15.7. The molecule has 0 aliphatic heterocycles. The third kappa shape index (κ3) is 4.85. The van der Waals surface area contributed by atoms with Crippen molar-refractivity contribution in [2.75, 3.05) is 0 Å². The van der Waals surface area contributed by atoms with Gasteiger partial charge in [0.25, 0.3) is 0 Å². The summed E-state index contributed by atoms with van der Waals surface area (Å²) >= 11 is 0. The maximum absolute atomic E-state index is 14.8. The van der Waals surface area contributed by atoms with Crippen molar-refractivity contribution >= 4 is 11.7 Å². The Hall–Kier alpha value is -3.02. The highest BCUT2D eigenvalue weighted by atomic mass is 19.2. The highest BCUT2D eigenvalue weighted by molar-refractivity contribution is 5.84. The highest BCUT2D eigenvalue weighted by Gasteiger charge is 2.22. The van der Waals surface area contributed by atoms with Crippen molar-refractivity contribution in [3.63, 3.8) is 0 Å². The largest absolute Gasteiger partial charge is 0.206 e. The summed E-state index contributed by atoms with van der Waals surface area (Å²) < 4.78 is 85.4. The lowest BCUT2D eigenvalue weighted by Gasteiger charge is -2.26. The monoisotopic (exact) mass is 460 g/mol. The van der Waals surface area contributed by atoms with E-state index in [0.717, 1.165) is 61.6 Å². The second-order valence-electron chi connectivity index (χ2n) is 8.65. The van der Waals surface area contributed by atoms with Crippen molar-refractivity contribution < 1.29 is 26.3 Å². The van der Waals surface area contributed by atoms with Gasteiger partial charge < -0.3 is 0 Å². The lowest BCUT2D eigenvalue weighted by atomic mass is 9.79. The van der Waals surface area contributed by atoms with Gasteiger partial charge in [-0.25, -0.2) is 26.3 Å². The Morgan fingerprint density at radius 3 is 2.03 bits per heavy atom. The molecule has 3 aromatic carbocycles. The average molecular weight is 460 g/mol. The van der Waals surface area contributed by atoms with Gasteiger partial charge in [-0.15, -0.1) is 0 Å². The summed E-state index contributed by atoms with van der Waals surface area (Å²) in [6.45, 7) is 2.18. The van der Waals surface area contributed by atoms with Gasteiger partial charge in [-0.2, -0.15) is 0 Å². The van der Waals surface area contributed by atoms with Gasteiger partial charge in [0.1, 0.15) is 11.6 Å². The molecule has 1 fully saturated rings. The Balaban J connectivity index is 1.61. The van der Waals surface area contributed by atoms with E-state index in [0.29, 0.717) is 5.92 Å². The van der Waals surface area contributed by atoms with Gasteiger partial charge in [0.2, 0.25) is 0 Å². The lowest BCUT2D eigenvalue weighted by Crippen LogP contribution is -2.11. The summed E-state index contributed by atoms with van der Waals surface area (Å²) in [5.74, 6) is -6.09. The molecular formula is C27H22F6. The van der Waals surface area contributed by atoms with E-state index in [9.17, 15) is 26.3 Å². The first kappa shape index (κ1) is 23.1. The molecule has 33 heavy (non-hydrogen) atoms. The van der Waals surface area contributed by atoms with Crippen molar-refractivity contribution in [3.05, 3.63) is 94.6 Å². The Morgan fingerprint density at radius 2 is 1.39 bits per heavy atom. The summed E-state index contributed by atoms with van der Waals surface area (Å²) in [7, 11) is 0. The normalized spacial score (nSPS) is 19.4. The van der Waals surface area contributed by atoms with Crippen LogP contribution in [0.4, 0.5) is 26.3 Å². The Morgan fingerprint density at radius 1 is 0.667 bits per heavy atom. The first-order valence-corrected chi connectivity index (χ1v) is 10.8. The van der Waals surface area contributed by atoms with Crippen LogP contribution in [0.1, 0.15) is 55.2 Å². The SMILES string of the molecule is CC1CCC(c2ccc(/C(F)=C(\F)c3ccc(-c4ccc(F)c(F)c4)c(F)c3)c(F)c2)CC1. The number of hydrogen-bond donors (Lipinski definition) is 0. The van der Waals surface area contributed by atoms with Crippen molar-refractivity contribution in [2.24, 2.45) is 5.92 Å². The number of benzene rings is 3. The molecule has 6 heteroatoms. The zero-order chi connectivity index (χ0) is 23.7. The van der Waals surface area contributed by atoms with E-state index in [1.807, 2.05) is 0 Å². The van der Waals surface area contributed by atoms with Crippen LogP contribution in [0, 0.1) is 29.2 Å². The Labute approximate surface area is 188 Å². The molecule has 1 aliphatic rings. The Bertz CT molecular complexity index is 1210. The molecule has 0 N–H and O–H groups in total. The molecule has 0 bridgehead atoms. The Kier molecular flexibility index (Phi) is 6.63. The molecule has 0 radical (unpaired) electrons. The zero-order valence-electron chi connectivity index (χ0n) is 17.9. The fourth-order valence-corrected chi connectivity index (χ4v) is 4.35. The van der Waals surface area contributed by atoms with Gasteiger partial charge in [0.05, 0.1) is 0 Å². The molecule has 1 saturated carbocycles. The summed E-state index contributed by atoms with van der Waals surface area (Å²) in [6, 6.07) is 9.87. The molecule has 0 unspecified atom stereocenters. The van der Waals surface area contributed by atoms with Crippen LogP contribution in [0.5, 0.6) is 0 Å². The minimum absolute atomic E-state index is 0.0431. The highest BCUT2D eigenvalue weighted by Crippen LogP contribution is 2.38. The van der Waals surface area contributed by atoms with Crippen LogP contribution in [0.15, 0.2) is 54.6 Å². The second kappa shape index (κ2) is 9.46. The summed E-state index contributed by atoms with van der Waals surface area (Å²) in [5, 5.41) is 0. The molecule has 0 heterocycles. The fourth-order valence-electron chi connectivity index (χ4n) is 4.35. The van der Waals surface area contributed by atoms with Crippen molar-refractivity contribution in [2.45, 2.75) is 38.5 Å². The summed E-state index contributed by atoms with van der Waals surface area (Å²) in [4.78, 5) is 0. The van der Waals surface area contributed by atoms with Crippen molar-refractivity contribution in [1.29, 1.82) is 0 Å². The van der Waals surface area contributed by atoms with Crippen LogP contribution in [0.3, 0.4) is 0 Å². The maximum atomic E-state index is 14.8. The van der Waals surface area contributed by atoms with Gasteiger partial charge in [-0.1, -0.05) is 44.0 Å². The fraction of sp³-hybridized carbons (Fsp3) is 0.259. The van der Waals surface area contributed by atoms with Crippen LogP contribution < -0.4 is 0 Å². The van der Waals surface area contributed by atoms with E-state index in [2.05, 4.69) is 6.92 Å². The van der Waals surface area contributed by atoms with Gasteiger partial charge in [-0.3, -0.25) is 0 Å². The predicted octanol–water partition coefficient (Wildman–Crippen LogP) is 8.97. The third-order valence-electron chi connectivity index (χ3n) is 6.36. The zero-order valence-corrected chi connectivity index (χ0v) is 17.9. The molecule has 3 aromatic rings. The van der Waals surface area contributed by atoms with Crippen molar-refractivity contribution in [3.8, 4) is 11.1 Å². The summed E-state index contributed by atoms with van der Waals surface area (Å²) in [5.41, 5.74) is -0.269. The van der Waals surface area contributed by atoms with Gasteiger partial charge in [0, 0.05) is 16.7 Å². The average Bonchev–Trinajstić information content (AvgIpc) is 2.80. The molecule has 4 rings (SSSR count). The lowest BCUT2D eigenvalue weighted by molar-refractivity contribution is 0.347. The first-order valence-electron chi connectivity index (χ1n) is 10.8. The molecule has 172 valence electrons. The number of rotatable bonds is 4. The standard InChI is InChI=1S/C27H22F6/c1-15-2-4-16(5-3-15)17-6-10-21(24(30)12-17)27(33)26(32)19-7-9-20(23(29)14-19)18-8-11-22(28)25(31)13-18/h6-16H,2-5H2,1H3/b27-26+. The minimum Gasteiger partial charge on any atom is -0.206 e. The smallest absolute Gasteiger partial charge is 0.169 e. The van der Waals surface area contributed by atoms with E-state index in [1.165, 1.54) is 18.2 Å². The number of hydrogen-bond acceptors (Lipinski definition) is 0. The van der Waals surface area contributed by atoms with E-state index in [1.54, 1.807) is 6.07 Å². The third-order valence-corrected chi connectivity index (χ3v) is 6.36. The van der Waals surface area contributed by atoms with Crippen LogP contribution in [-0.2, 0) is 0 Å². The van der Waals surface area contributed by atoms with Gasteiger partial charge in [-0.05, 0) is 66.1 Å². The predicted molar refractivity (Wildman–Crippen MR) is 118 cm³/mol. The molecule has 1 aliphatic carbocycles. The molecular weight excluding hydrogens is 438 g/mol.